The molecular formula is C12H16N4O. The highest BCUT2D eigenvalue weighted by molar-refractivity contribution is 5.23. The van der Waals surface area contributed by atoms with Crippen LogP contribution in [0.25, 0.3) is 0 Å². The molecule has 1 N–H and O–H groups in total. The van der Waals surface area contributed by atoms with Crippen LogP contribution in [0.4, 0.5) is 0 Å². The Kier molecular flexibility index (Phi) is 3.72. The van der Waals surface area contributed by atoms with Gasteiger partial charge in [-0.2, -0.15) is 4.98 Å². The molecule has 0 amide bonds. The Hall–Kier alpha value is -1.88. The Morgan fingerprint density at radius 2 is 2.18 bits per heavy atom. The molecule has 0 aliphatic heterocycles. The molecule has 0 saturated carbocycles. The topological polar surface area (TPSA) is 52.0 Å². The third-order valence-corrected chi connectivity index (χ3v) is 2.32. The Morgan fingerprint density at radius 3 is 2.88 bits per heavy atom. The molecule has 5 heteroatoms. The Balaban J connectivity index is 1.96. The van der Waals surface area contributed by atoms with Gasteiger partial charge in [-0.1, -0.05) is 24.3 Å². The number of ether oxygens (including phenoxy) is 1. The van der Waals surface area contributed by atoms with Crippen LogP contribution in [0.3, 0.4) is 0 Å². The minimum absolute atomic E-state index is 0.409. The zero-order valence-corrected chi connectivity index (χ0v) is 10.1. The Bertz CT molecular complexity index is 481. The molecule has 1 aromatic carbocycles. The molecule has 90 valence electrons. The van der Waals surface area contributed by atoms with Crippen LogP contribution in [0.2, 0.25) is 0 Å². The molecule has 17 heavy (non-hydrogen) atoms. The zero-order valence-electron chi connectivity index (χ0n) is 10.1. The fourth-order valence-corrected chi connectivity index (χ4v) is 1.57. The number of nitrogens with one attached hydrogen (secondary N) is 1. The first-order valence-corrected chi connectivity index (χ1v) is 5.49. The van der Waals surface area contributed by atoms with Crippen molar-refractivity contribution in [2.75, 3.05) is 7.05 Å². The lowest BCUT2D eigenvalue weighted by atomic mass is 10.1. The molecule has 0 aliphatic rings. The van der Waals surface area contributed by atoms with E-state index in [4.69, 9.17) is 4.74 Å². The minimum Gasteiger partial charge on any atom is -0.458 e. The molecule has 0 spiro atoms. The largest absolute Gasteiger partial charge is 0.458 e. The first-order chi connectivity index (χ1) is 8.28. The number of rotatable bonds is 5. The lowest BCUT2D eigenvalue weighted by Gasteiger charge is -2.05. The van der Waals surface area contributed by atoms with Gasteiger partial charge in [-0.25, -0.2) is 0 Å². The van der Waals surface area contributed by atoms with Crippen LogP contribution in [-0.4, -0.2) is 21.8 Å². The summed E-state index contributed by atoms with van der Waals surface area (Å²) >= 11 is 0. The van der Waals surface area contributed by atoms with Crippen molar-refractivity contribution in [2.45, 2.75) is 13.2 Å². The van der Waals surface area contributed by atoms with Gasteiger partial charge >= 0.3 is 6.01 Å². The SMILES string of the molecule is CNCc1cccc(COc2ncn(C)n2)c1. The minimum atomic E-state index is 0.409. The van der Waals surface area contributed by atoms with Crippen LogP contribution >= 0.6 is 0 Å². The molecule has 0 aliphatic carbocycles. The van der Waals surface area contributed by atoms with Gasteiger partial charge in [0.2, 0.25) is 0 Å². The molecule has 0 atom stereocenters. The summed E-state index contributed by atoms with van der Waals surface area (Å²) in [5.41, 5.74) is 2.35. The summed E-state index contributed by atoms with van der Waals surface area (Å²) in [5, 5.41) is 7.17. The maximum atomic E-state index is 5.48. The number of aryl methyl sites for hydroxylation is 1. The number of benzene rings is 1. The predicted octanol–water partition coefficient (Wildman–Crippen LogP) is 1.11. The molecule has 2 aromatic rings. The smallest absolute Gasteiger partial charge is 0.335 e. The van der Waals surface area contributed by atoms with Crippen molar-refractivity contribution < 1.29 is 4.74 Å². The van der Waals surface area contributed by atoms with E-state index in [1.807, 2.05) is 26.2 Å². The van der Waals surface area contributed by atoms with Gasteiger partial charge in [-0.05, 0) is 18.2 Å². The number of nitrogens with zero attached hydrogens (tertiary/aromatic N) is 3. The molecule has 0 saturated heterocycles. The molecule has 0 radical (unpaired) electrons. The van der Waals surface area contributed by atoms with Crippen LogP contribution in [0.15, 0.2) is 30.6 Å². The van der Waals surface area contributed by atoms with Crippen molar-refractivity contribution in [1.82, 2.24) is 20.1 Å². The van der Waals surface area contributed by atoms with Crippen molar-refractivity contribution >= 4 is 0 Å². The van der Waals surface area contributed by atoms with Crippen LogP contribution in [-0.2, 0) is 20.2 Å². The summed E-state index contributed by atoms with van der Waals surface area (Å²) in [7, 11) is 3.74. The van der Waals surface area contributed by atoms with E-state index < -0.39 is 0 Å². The van der Waals surface area contributed by atoms with Crippen LogP contribution < -0.4 is 10.1 Å². The summed E-state index contributed by atoms with van der Waals surface area (Å²) in [6.45, 7) is 1.34. The monoisotopic (exact) mass is 232 g/mol. The highest BCUT2D eigenvalue weighted by Crippen LogP contribution is 2.08. The molecule has 2 rings (SSSR count). The van der Waals surface area contributed by atoms with E-state index in [0.29, 0.717) is 12.6 Å². The van der Waals surface area contributed by atoms with E-state index >= 15 is 0 Å². The normalized spacial score (nSPS) is 10.5. The van der Waals surface area contributed by atoms with Crippen LogP contribution in [0.5, 0.6) is 6.01 Å². The second-order valence-electron chi connectivity index (χ2n) is 3.84. The van der Waals surface area contributed by atoms with E-state index in [0.717, 1.165) is 12.1 Å². The third kappa shape index (κ3) is 3.29. The van der Waals surface area contributed by atoms with E-state index in [-0.39, 0.29) is 0 Å². The fourth-order valence-electron chi connectivity index (χ4n) is 1.57. The quantitative estimate of drug-likeness (QED) is 0.839. The summed E-state index contributed by atoms with van der Waals surface area (Å²) in [4.78, 5) is 4.01. The van der Waals surface area contributed by atoms with Crippen molar-refractivity contribution in [3.8, 4) is 6.01 Å². The second kappa shape index (κ2) is 5.45. The summed E-state index contributed by atoms with van der Waals surface area (Å²) in [6.07, 6.45) is 1.62. The van der Waals surface area contributed by atoms with E-state index in [2.05, 4.69) is 27.5 Å². The fraction of sp³-hybridized carbons (Fsp3) is 0.333. The van der Waals surface area contributed by atoms with Crippen molar-refractivity contribution in [3.63, 3.8) is 0 Å². The summed E-state index contributed by atoms with van der Waals surface area (Å²) in [5.74, 6) is 0. The van der Waals surface area contributed by atoms with Gasteiger partial charge in [0.25, 0.3) is 0 Å². The predicted molar refractivity (Wildman–Crippen MR) is 64.5 cm³/mol. The molecule has 0 bridgehead atoms. The first kappa shape index (κ1) is 11.6. The van der Waals surface area contributed by atoms with Gasteiger partial charge in [-0.3, -0.25) is 4.68 Å². The molecule has 0 unspecified atom stereocenters. The van der Waals surface area contributed by atoms with Gasteiger partial charge in [0.05, 0.1) is 0 Å². The van der Waals surface area contributed by atoms with Gasteiger partial charge in [0.15, 0.2) is 0 Å². The lowest BCUT2D eigenvalue weighted by Crippen LogP contribution is -2.06. The van der Waals surface area contributed by atoms with Gasteiger partial charge in [-0.15, -0.1) is 5.10 Å². The van der Waals surface area contributed by atoms with E-state index in [1.54, 1.807) is 11.0 Å². The van der Waals surface area contributed by atoms with Gasteiger partial charge in [0.1, 0.15) is 12.9 Å². The van der Waals surface area contributed by atoms with E-state index in [9.17, 15) is 0 Å². The maximum absolute atomic E-state index is 5.48. The van der Waals surface area contributed by atoms with Gasteiger partial charge in [0, 0.05) is 13.6 Å². The summed E-state index contributed by atoms with van der Waals surface area (Å²) < 4.78 is 7.10. The van der Waals surface area contributed by atoms with Crippen molar-refractivity contribution in [2.24, 2.45) is 7.05 Å². The average Bonchev–Trinajstić information content (AvgIpc) is 2.74. The molecular weight excluding hydrogens is 216 g/mol. The average molecular weight is 232 g/mol. The highest BCUT2D eigenvalue weighted by atomic mass is 16.5. The molecule has 0 fully saturated rings. The van der Waals surface area contributed by atoms with Crippen LogP contribution in [0, 0.1) is 0 Å². The maximum Gasteiger partial charge on any atom is 0.335 e. The third-order valence-electron chi connectivity index (χ3n) is 2.32. The standard InChI is InChI=1S/C12H16N4O/c1-13-7-10-4-3-5-11(6-10)8-17-12-14-9-16(2)15-12/h3-6,9,13H,7-8H2,1-2H3. The van der Waals surface area contributed by atoms with Crippen LogP contribution in [0.1, 0.15) is 11.1 Å². The molecule has 1 aromatic heterocycles. The first-order valence-electron chi connectivity index (χ1n) is 5.49. The summed E-state index contributed by atoms with van der Waals surface area (Å²) in [6, 6.07) is 8.66. The number of hydrogen-bond acceptors (Lipinski definition) is 4. The van der Waals surface area contributed by atoms with Crippen molar-refractivity contribution in [3.05, 3.63) is 41.7 Å². The van der Waals surface area contributed by atoms with Gasteiger partial charge < -0.3 is 10.1 Å². The Morgan fingerprint density at radius 1 is 1.35 bits per heavy atom. The zero-order chi connectivity index (χ0) is 12.1. The molecule has 1 heterocycles. The van der Waals surface area contributed by atoms with Crippen molar-refractivity contribution in [1.29, 1.82) is 0 Å². The Labute approximate surface area is 100 Å². The van der Waals surface area contributed by atoms with E-state index in [1.165, 1.54) is 5.56 Å². The highest BCUT2D eigenvalue weighted by Gasteiger charge is 2.01. The number of hydrogen-bond donors (Lipinski definition) is 1. The number of aromatic nitrogens is 3. The second-order valence-corrected chi connectivity index (χ2v) is 3.84. The lowest BCUT2D eigenvalue weighted by molar-refractivity contribution is 0.280. The molecule has 5 nitrogen and oxygen atoms in total.